The first-order valence-corrected chi connectivity index (χ1v) is 12.0. The topological polar surface area (TPSA) is 75.7 Å². The molecule has 0 aliphatic carbocycles. The molecule has 0 saturated carbocycles. The van der Waals surface area contributed by atoms with Crippen molar-refractivity contribution < 1.29 is 17.9 Å². The van der Waals surface area contributed by atoms with Crippen molar-refractivity contribution in [3.05, 3.63) is 53.6 Å². The zero-order chi connectivity index (χ0) is 21.4. The van der Waals surface area contributed by atoms with Gasteiger partial charge in [0.15, 0.2) is 0 Å². The lowest BCUT2D eigenvalue weighted by Gasteiger charge is -2.32. The number of rotatable bonds is 4. The van der Waals surface area contributed by atoms with Gasteiger partial charge in [0, 0.05) is 13.1 Å². The lowest BCUT2D eigenvalue weighted by atomic mass is 9.94. The fourth-order valence-corrected chi connectivity index (χ4v) is 5.16. The summed E-state index contributed by atoms with van der Waals surface area (Å²) in [5, 5.41) is 0. The van der Waals surface area contributed by atoms with Crippen LogP contribution in [0.2, 0.25) is 0 Å². The predicted molar refractivity (Wildman–Crippen MR) is 116 cm³/mol. The van der Waals surface area contributed by atoms with E-state index in [1.54, 1.807) is 47.4 Å². The largest absolute Gasteiger partial charge is 0.488 e. The quantitative estimate of drug-likeness (QED) is 0.791. The van der Waals surface area contributed by atoms with Crippen molar-refractivity contribution in [2.24, 2.45) is 0 Å². The van der Waals surface area contributed by atoms with Crippen LogP contribution in [0.25, 0.3) is 0 Å². The molecule has 1 amide bonds. The van der Waals surface area contributed by atoms with Crippen molar-refractivity contribution in [2.75, 3.05) is 17.8 Å². The van der Waals surface area contributed by atoms with Crippen LogP contribution >= 0.6 is 0 Å². The van der Waals surface area contributed by atoms with Crippen LogP contribution in [-0.4, -0.2) is 37.9 Å². The van der Waals surface area contributed by atoms with Gasteiger partial charge in [-0.1, -0.05) is 12.1 Å². The third-order valence-electron chi connectivity index (χ3n) is 5.77. The van der Waals surface area contributed by atoms with Gasteiger partial charge in [-0.05, 0) is 81.8 Å². The highest BCUT2D eigenvalue weighted by molar-refractivity contribution is 7.92. The lowest BCUT2D eigenvalue weighted by Crippen LogP contribution is -2.36. The van der Waals surface area contributed by atoms with E-state index >= 15 is 0 Å². The van der Waals surface area contributed by atoms with Gasteiger partial charge >= 0.3 is 0 Å². The van der Waals surface area contributed by atoms with Crippen LogP contribution in [0.15, 0.2) is 47.4 Å². The first kappa shape index (κ1) is 20.7. The van der Waals surface area contributed by atoms with Gasteiger partial charge in [-0.25, -0.2) is 8.42 Å². The normalized spacial score (nSPS) is 18.3. The number of sulfonamides is 1. The number of aryl methyl sites for hydroxylation is 1. The Morgan fingerprint density at radius 2 is 1.80 bits per heavy atom. The predicted octanol–water partition coefficient (Wildman–Crippen LogP) is 4.22. The Hall–Kier alpha value is -2.54. The Balaban J connectivity index is 1.59. The zero-order valence-corrected chi connectivity index (χ0v) is 18.3. The summed E-state index contributed by atoms with van der Waals surface area (Å²) in [4.78, 5) is 14.9. The monoisotopic (exact) mass is 428 g/mol. The van der Waals surface area contributed by atoms with Gasteiger partial charge < -0.3 is 9.64 Å². The molecule has 0 bridgehead atoms. The number of para-hydroxylation sites is 1. The van der Waals surface area contributed by atoms with E-state index in [0.717, 1.165) is 43.4 Å². The highest BCUT2D eigenvalue weighted by Gasteiger charge is 2.28. The molecule has 30 heavy (non-hydrogen) atoms. The van der Waals surface area contributed by atoms with Crippen LogP contribution < -0.4 is 9.46 Å². The summed E-state index contributed by atoms with van der Waals surface area (Å²) in [6.07, 6.45) is 4.67. The Labute approximate surface area is 178 Å². The van der Waals surface area contributed by atoms with E-state index < -0.39 is 10.0 Å². The minimum atomic E-state index is -3.84. The minimum absolute atomic E-state index is 0.130. The van der Waals surface area contributed by atoms with E-state index in [0.29, 0.717) is 24.3 Å². The Kier molecular flexibility index (Phi) is 5.49. The second kappa shape index (κ2) is 7.95. The molecule has 2 aliphatic heterocycles. The number of carbonyl (C=O) groups excluding carboxylic acids is 1. The molecular weight excluding hydrogens is 400 g/mol. The number of carbonyl (C=O) groups is 1. The summed E-state index contributed by atoms with van der Waals surface area (Å²) in [6.45, 7) is 5.47. The second-order valence-corrected chi connectivity index (χ2v) is 10.3. The van der Waals surface area contributed by atoms with Gasteiger partial charge in [0.2, 0.25) is 0 Å². The fourth-order valence-electron chi connectivity index (χ4n) is 4.03. The van der Waals surface area contributed by atoms with Crippen molar-refractivity contribution in [2.45, 2.75) is 56.4 Å². The molecule has 1 N–H and O–H groups in total. The van der Waals surface area contributed by atoms with Crippen LogP contribution in [0.5, 0.6) is 5.75 Å². The number of piperidine rings is 1. The molecule has 0 unspecified atom stereocenters. The highest BCUT2D eigenvalue weighted by Crippen LogP contribution is 2.34. The number of amides is 1. The molecule has 2 heterocycles. The summed E-state index contributed by atoms with van der Waals surface area (Å²) in [5.74, 6) is 0.597. The molecule has 0 radical (unpaired) electrons. The van der Waals surface area contributed by atoms with Crippen molar-refractivity contribution in [1.82, 2.24) is 4.90 Å². The van der Waals surface area contributed by atoms with Crippen LogP contribution in [-0.2, 0) is 16.4 Å². The summed E-state index contributed by atoms with van der Waals surface area (Å²) >= 11 is 0. The van der Waals surface area contributed by atoms with Crippen molar-refractivity contribution in [3.8, 4) is 5.75 Å². The number of hydrogen-bond acceptors (Lipinski definition) is 4. The maximum atomic E-state index is 13.1. The number of nitrogens with zero attached hydrogens (tertiary/aromatic N) is 1. The van der Waals surface area contributed by atoms with Crippen LogP contribution in [0.4, 0.5) is 5.69 Å². The molecule has 0 aromatic heterocycles. The minimum Gasteiger partial charge on any atom is -0.488 e. The molecule has 7 heteroatoms. The SMILES string of the molecule is CC1(C)CCc2cc(S(=O)(=O)Nc3ccccc3C(=O)N3CCCCC3)ccc2O1. The van der Waals surface area contributed by atoms with E-state index in [1.807, 2.05) is 13.8 Å². The molecule has 1 fully saturated rings. The molecule has 2 aromatic carbocycles. The molecule has 4 rings (SSSR count). The lowest BCUT2D eigenvalue weighted by molar-refractivity contribution is 0.0725. The molecule has 6 nitrogen and oxygen atoms in total. The average Bonchev–Trinajstić information content (AvgIpc) is 2.73. The molecule has 160 valence electrons. The summed E-state index contributed by atoms with van der Waals surface area (Å²) in [5.41, 5.74) is 1.32. The van der Waals surface area contributed by atoms with Crippen molar-refractivity contribution >= 4 is 21.6 Å². The third-order valence-corrected chi connectivity index (χ3v) is 7.13. The van der Waals surface area contributed by atoms with Crippen LogP contribution in [0, 0.1) is 0 Å². The van der Waals surface area contributed by atoms with E-state index in [2.05, 4.69) is 4.72 Å². The maximum Gasteiger partial charge on any atom is 0.261 e. The second-order valence-electron chi connectivity index (χ2n) is 8.64. The number of hydrogen-bond donors (Lipinski definition) is 1. The first-order valence-electron chi connectivity index (χ1n) is 10.5. The number of likely N-dealkylation sites (tertiary alicyclic amines) is 1. The van der Waals surface area contributed by atoms with Gasteiger partial charge in [0.25, 0.3) is 15.9 Å². The first-order chi connectivity index (χ1) is 14.3. The van der Waals surface area contributed by atoms with Gasteiger partial charge in [-0.15, -0.1) is 0 Å². The van der Waals surface area contributed by atoms with Gasteiger partial charge in [0.1, 0.15) is 11.4 Å². The van der Waals surface area contributed by atoms with E-state index in [1.165, 1.54) is 0 Å². The number of fused-ring (bicyclic) bond motifs is 1. The maximum absolute atomic E-state index is 13.1. The molecule has 0 spiro atoms. The molecule has 0 atom stereocenters. The smallest absolute Gasteiger partial charge is 0.261 e. The fraction of sp³-hybridized carbons (Fsp3) is 0.435. The number of ether oxygens (including phenoxy) is 1. The molecular formula is C23H28N2O4S. The van der Waals surface area contributed by atoms with E-state index in [4.69, 9.17) is 4.74 Å². The molecule has 2 aromatic rings. The Morgan fingerprint density at radius 3 is 2.57 bits per heavy atom. The number of nitrogens with one attached hydrogen (secondary N) is 1. The Bertz CT molecular complexity index is 1060. The zero-order valence-electron chi connectivity index (χ0n) is 17.5. The highest BCUT2D eigenvalue weighted by atomic mass is 32.2. The van der Waals surface area contributed by atoms with Crippen LogP contribution in [0.3, 0.4) is 0 Å². The van der Waals surface area contributed by atoms with E-state index in [-0.39, 0.29) is 16.4 Å². The standard InChI is InChI=1S/C23H28N2O4S/c1-23(2)13-12-17-16-18(10-11-21(17)29-23)30(27,28)24-20-9-5-4-8-19(20)22(26)25-14-6-3-7-15-25/h4-5,8-11,16,24H,3,6-7,12-15H2,1-2H3. The van der Waals surface area contributed by atoms with Gasteiger partial charge in [0.05, 0.1) is 16.1 Å². The number of benzene rings is 2. The number of anilines is 1. The molecule has 2 aliphatic rings. The Morgan fingerprint density at radius 1 is 1.07 bits per heavy atom. The summed E-state index contributed by atoms with van der Waals surface area (Å²) < 4.78 is 34.8. The van der Waals surface area contributed by atoms with Crippen LogP contribution in [0.1, 0.15) is 55.5 Å². The van der Waals surface area contributed by atoms with Crippen molar-refractivity contribution in [3.63, 3.8) is 0 Å². The summed E-state index contributed by atoms with van der Waals surface area (Å²) in [7, 11) is -3.84. The van der Waals surface area contributed by atoms with Gasteiger partial charge in [-0.2, -0.15) is 0 Å². The van der Waals surface area contributed by atoms with Gasteiger partial charge in [-0.3, -0.25) is 9.52 Å². The third kappa shape index (κ3) is 4.31. The van der Waals surface area contributed by atoms with Crippen molar-refractivity contribution in [1.29, 1.82) is 0 Å². The molecule has 1 saturated heterocycles. The average molecular weight is 429 g/mol. The van der Waals surface area contributed by atoms with E-state index in [9.17, 15) is 13.2 Å². The summed E-state index contributed by atoms with van der Waals surface area (Å²) in [6, 6.07) is 11.7.